The average Bonchev–Trinajstić information content (AvgIpc) is 2.22. The maximum atomic E-state index is 3.50. The first-order valence-electron chi connectivity index (χ1n) is 7.20. The maximum Gasteiger partial charge on any atom is 0.00103 e. The predicted octanol–water partition coefficient (Wildman–Crippen LogP) is 4.18. The number of rotatable bonds is 6. The predicted molar refractivity (Wildman–Crippen MR) is 81.3 cm³/mol. The highest BCUT2D eigenvalue weighted by atomic mass is 14.9. The van der Waals surface area contributed by atoms with Crippen LogP contribution in [0.2, 0.25) is 0 Å². The van der Waals surface area contributed by atoms with Crippen LogP contribution in [0.25, 0.3) is 0 Å². The summed E-state index contributed by atoms with van der Waals surface area (Å²) in [7, 11) is 0. The van der Waals surface area contributed by atoms with E-state index in [-0.39, 0.29) is 0 Å². The van der Waals surface area contributed by atoms with Crippen molar-refractivity contribution in [1.29, 1.82) is 0 Å². The van der Waals surface area contributed by atoms with Crippen molar-refractivity contribution in [2.45, 2.75) is 60.4 Å². The number of hydrogen-bond donors (Lipinski definition) is 1. The Hall–Kier alpha value is -0.820. The van der Waals surface area contributed by atoms with Crippen molar-refractivity contribution >= 4 is 0 Å². The van der Waals surface area contributed by atoms with E-state index in [4.69, 9.17) is 0 Å². The van der Waals surface area contributed by atoms with E-state index in [1.54, 1.807) is 5.56 Å². The van der Waals surface area contributed by atoms with E-state index >= 15 is 0 Å². The Morgan fingerprint density at radius 3 is 2.06 bits per heavy atom. The second-order valence-corrected chi connectivity index (χ2v) is 6.08. The fraction of sp³-hybridized carbons (Fsp3) is 0.647. The van der Waals surface area contributed by atoms with E-state index in [0.717, 1.165) is 12.5 Å². The van der Waals surface area contributed by atoms with E-state index in [0.29, 0.717) is 6.04 Å². The van der Waals surface area contributed by atoms with Gasteiger partial charge in [0.2, 0.25) is 0 Å². The summed E-state index contributed by atoms with van der Waals surface area (Å²) in [5.41, 5.74) is 5.84. The average molecular weight is 247 g/mol. The van der Waals surface area contributed by atoms with E-state index < -0.39 is 0 Å². The van der Waals surface area contributed by atoms with Gasteiger partial charge in [0.25, 0.3) is 0 Å². The molecule has 1 heteroatoms. The van der Waals surface area contributed by atoms with Gasteiger partial charge >= 0.3 is 0 Å². The van der Waals surface area contributed by atoms with Crippen molar-refractivity contribution in [3.8, 4) is 0 Å². The van der Waals surface area contributed by atoms with Crippen LogP contribution >= 0.6 is 0 Å². The lowest BCUT2D eigenvalue weighted by molar-refractivity contribution is 0.475. The van der Waals surface area contributed by atoms with Gasteiger partial charge in [0.15, 0.2) is 0 Å². The van der Waals surface area contributed by atoms with Gasteiger partial charge in [-0.25, -0.2) is 0 Å². The van der Waals surface area contributed by atoms with Gasteiger partial charge in [0.1, 0.15) is 0 Å². The third-order valence-corrected chi connectivity index (χ3v) is 3.58. The van der Waals surface area contributed by atoms with E-state index in [9.17, 15) is 0 Å². The summed E-state index contributed by atoms with van der Waals surface area (Å²) in [5.74, 6) is 0.747. The molecule has 0 bridgehead atoms. The van der Waals surface area contributed by atoms with Crippen molar-refractivity contribution in [3.05, 3.63) is 34.4 Å². The molecule has 1 unspecified atom stereocenters. The van der Waals surface area contributed by atoms with Crippen LogP contribution < -0.4 is 5.32 Å². The molecule has 18 heavy (non-hydrogen) atoms. The van der Waals surface area contributed by atoms with Gasteiger partial charge in [0.05, 0.1) is 0 Å². The van der Waals surface area contributed by atoms with Gasteiger partial charge < -0.3 is 5.32 Å². The molecular formula is C17H29N. The molecule has 0 aliphatic heterocycles. The van der Waals surface area contributed by atoms with E-state index in [1.807, 2.05) is 0 Å². The quantitative estimate of drug-likeness (QED) is 0.795. The van der Waals surface area contributed by atoms with Crippen LogP contribution in [0.3, 0.4) is 0 Å². The molecule has 0 radical (unpaired) electrons. The third-order valence-electron chi connectivity index (χ3n) is 3.58. The molecule has 1 aromatic rings. The van der Waals surface area contributed by atoms with Gasteiger partial charge in [-0.15, -0.1) is 0 Å². The number of nitrogens with one attached hydrogen (secondary N) is 1. The van der Waals surface area contributed by atoms with E-state index in [1.165, 1.54) is 29.5 Å². The number of hydrogen-bond acceptors (Lipinski definition) is 1. The molecule has 0 fully saturated rings. The fourth-order valence-electron chi connectivity index (χ4n) is 2.60. The second-order valence-electron chi connectivity index (χ2n) is 6.08. The van der Waals surface area contributed by atoms with Crippen LogP contribution in [0.5, 0.6) is 0 Å². The van der Waals surface area contributed by atoms with Crippen molar-refractivity contribution in [2.24, 2.45) is 5.92 Å². The first-order valence-corrected chi connectivity index (χ1v) is 7.20. The van der Waals surface area contributed by atoms with Crippen molar-refractivity contribution in [1.82, 2.24) is 5.32 Å². The fourth-order valence-corrected chi connectivity index (χ4v) is 2.60. The number of benzene rings is 1. The zero-order valence-corrected chi connectivity index (χ0v) is 12.9. The summed E-state index contributed by atoms with van der Waals surface area (Å²) in [6.07, 6.45) is 2.46. The Labute approximate surface area is 113 Å². The normalized spacial score (nSPS) is 13.1. The van der Waals surface area contributed by atoms with Gasteiger partial charge in [-0.1, -0.05) is 38.5 Å². The molecule has 1 N–H and O–H groups in total. The van der Waals surface area contributed by atoms with Crippen LogP contribution in [0.1, 0.15) is 49.4 Å². The monoisotopic (exact) mass is 247 g/mol. The Bertz CT molecular complexity index is 356. The molecule has 0 aromatic heterocycles. The smallest absolute Gasteiger partial charge is 0.00103 e. The summed E-state index contributed by atoms with van der Waals surface area (Å²) < 4.78 is 0. The first-order chi connectivity index (χ1) is 8.40. The molecule has 0 aliphatic rings. The molecule has 1 nitrogen and oxygen atoms in total. The van der Waals surface area contributed by atoms with Crippen LogP contribution in [-0.4, -0.2) is 12.6 Å². The van der Waals surface area contributed by atoms with E-state index in [2.05, 4.69) is 59.0 Å². The molecule has 0 saturated carbocycles. The van der Waals surface area contributed by atoms with Crippen LogP contribution in [-0.2, 0) is 6.42 Å². The maximum absolute atomic E-state index is 3.50. The van der Waals surface area contributed by atoms with Crippen molar-refractivity contribution in [3.63, 3.8) is 0 Å². The van der Waals surface area contributed by atoms with Crippen molar-refractivity contribution < 1.29 is 0 Å². The first kappa shape index (κ1) is 15.2. The molecule has 102 valence electrons. The molecule has 0 saturated heterocycles. The molecule has 0 amide bonds. The Morgan fingerprint density at radius 2 is 1.56 bits per heavy atom. The molecule has 0 spiro atoms. The number of aryl methyl sites for hydroxylation is 3. The van der Waals surface area contributed by atoms with Gasteiger partial charge in [-0.05, 0) is 62.8 Å². The van der Waals surface area contributed by atoms with Crippen LogP contribution in [0.15, 0.2) is 12.1 Å². The molecule has 1 atom stereocenters. The lowest BCUT2D eigenvalue weighted by atomic mass is 9.90. The molecule has 0 heterocycles. The Balaban J connectivity index is 2.56. The molecule has 1 aromatic carbocycles. The zero-order valence-electron chi connectivity index (χ0n) is 12.9. The second kappa shape index (κ2) is 6.94. The van der Waals surface area contributed by atoms with Gasteiger partial charge in [-0.3, -0.25) is 0 Å². The molecule has 0 aliphatic carbocycles. The third kappa shape index (κ3) is 4.81. The summed E-state index contributed by atoms with van der Waals surface area (Å²) >= 11 is 0. The summed E-state index contributed by atoms with van der Waals surface area (Å²) in [5, 5.41) is 3.50. The van der Waals surface area contributed by atoms with Crippen LogP contribution in [0.4, 0.5) is 0 Å². The van der Waals surface area contributed by atoms with Gasteiger partial charge in [0, 0.05) is 6.04 Å². The minimum absolute atomic E-state index is 0.597. The Morgan fingerprint density at radius 1 is 1.00 bits per heavy atom. The SMILES string of the molecule is Cc1cc(C)c(CC(C)CCNC(C)C)c(C)c1. The minimum atomic E-state index is 0.597. The zero-order chi connectivity index (χ0) is 13.7. The summed E-state index contributed by atoms with van der Waals surface area (Å²) in [4.78, 5) is 0. The van der Waals surface area contributed by atoms with Crippen LogP contribution in [0, 0.1) is 26.7 Å². The summed E-state index contributed by atoms with van der Waals surface area (Å²) in [6, 6.07) is 5.21. The molecule has 1 rings (SSSR count). The highest BCUT2D eigenvalue weighted by molar-refractivity contribution is 5.37. The standard InChI is InChI=1S/C17H29N/c1-12(2)18-8-7-13(3)11-17-15(5)9-14(4)10-16(17)6/h9-10,12-13,18H,7-8,11H2,1-6H3. The Kier molecular flexibility index (Phi) is 5.87. The lowest BCUT2D eigenvalue weighted by Gasteiger charge is -2.17. The summed E-state index contributed by atoms with van der Waals surface area (Å²) in [6.45, 7) is 14.6. The highest BCUT2D eigenvalue weighted by Crippen LogP contribution is 2.21. The molecular weight excluding hydrogens is 218 g/mol. The highest BCUT2D eigenvalue weighted by Gasteiger charge is 2.09. The van der Waals surface area contributed by atoms with Crippen molar-refractivity contribution in [2.75, 3.05) is 6.54 Å². The lowest BCUT2D eigenvalue weighted by Crippen LogP contribution is -2.25. The topological polar surface area (TPSA) is 12.0 Å². The minimum Gasteiger partial charge on any atom is -0.315 e. The largest absolute Gasteiger partial charge is 0.315 e. The van der Waals surface area contributed by atoms with Gasteiger partial charge in [-0.2, -0.15) is 0 Å².